The van der Waals surface area contributed by atoms with Gasteiger partial charge in [-0.3, -0.25) is 25.4 Å². The molecule has 46 heavy (non-hydrogen) atoms. The van der Waals surface area contributed by atoms with Crippen LogP contribution in [0.15, 0.2) is 30.5 Å². The lowest BCUT2D eigenvalue weighted by Crippen LogP contribution is -2.61. The summed E-state index contributed by atoms with van der Waals surface area (Å²) in [5, 5.41) is 2.97. The number of carbonyl (C=O) groups is 3. The van der Waals surface area contributed by atoms with Crippen LogP contribution in [0.1, 0.15) is 71.3 Å². The number of nitrogens with one attached hydrogen (secondary N) is 3. The van der Waals surface area contributed by atoms with E-state index in [1.54, 1.807) is 20.8 Å². The zero-order valence-electron chi connectivity index (χ0n) is 25.5. The van der Waals surface area contributed by atoms with E-state index in [-0.39, 0.29) is 11.1 Å². The van der Waals surface area contributed by atoms with Crippen LogP contribution in [0.2, 0.25) is 0 Å². The highest BCUT2D eigenvalue weighted by molar-refractivity contribution is 5.97. The Bertz CT molecular complexity index is 1580. The molecule has 5 fully saturated rings. The quantitative estimate of drug-likeness (QED) is 0.285. The SMILES string of the molecule is CC(C)(C)OC(=O)NC12CCC(C(=O)NNC(=O)[C@]34CN(c5ccc(C(F)(F)F)c6ncccc56)C[C@@]3(C(F)(F)F)C4)(CC1)CC2. The van der Waals surface area contributed by atoms with Crippen LogP contribution >= 0.6 is 0 Å². The molecule has 250 valence electrons. The minimum atomic E-state index is -4.79. The van der Waals surface area contributed by atoms with Crippen molar-refractivity contribution < 1.29 is 45.5 Å². The zero-order valence-corrected chi connectivity index (χ0v) is 25.5. The van der Waals surface area contributed by atoms with Crippen molar-refractivity contribution in [3.63, 3.8) is 0 Å². The summed E-state index contributed by atoms with van der Waals surface area (Å²) in [7, 11) is 0. The summed E-state index contributed by atoms with van der Waals surface area (Å²) < 4.78 is 89.9. The van der Waals surface area contributed by atoms with Crippen LogP contribution in [0.3, 0.4) is 0 Å². The van der Waals surface area contributed by atoms with Crippen LogP contribution in [0.25, 0.3) is 10.9 Å². The Balaban J connectivity index is 1.15. The van der Waals surface area contributed by atoms with Gasteiger partial charge >= 0.3 is 18.4 Å². The van der Waals surface area contributed by atoms with Crippen molar-refractivity contribution in [3.05, 3.63) is 36.0 Å². The molecule has 1 aromatic carbocycles. The number of benzene rings is 1. The van der Waals surface area contributed by atoms with Crippen LogP contribution in [0.5, 0.6) is 0 Å². The van der Waals surface area contributed by atoms with Gasteiger partial charge in [0.05, 0.1) is 21.9 Å². The first-order valence-electron chi connectivity index (χ1n) is 15.1. The summed E-state index contributed by atoms with van der Waals surface area (Å²) in [6.45, 7) is 4.23. The molecule has 2 aromatic rings. The van der Waals surface area contributed by atoms with Gasteiger partial charge in [0.1, 0.15) is 11.0 Å². The molecule has 9 nitrogen and oxygen atoms in total. The first-order chi connectivity index (χ1) is 21.3. The maximum atomic E-state index is 14.5. The third-order valence-corrected chi connectivity index (χ3v) is 10.5. The van der Waals surface area contributed by atoms with E-state index in [2.05, 4.69) is 21.2 Å². The fraction of sp³-hybridized carbons (Fsp3) is 0.613. The number of anilines is 1. The van der Waals surface area contributed by atoms with Gasteiger partial charge in [-0.1, -0.05) is 0 Å². The Morgan fingerprint density at radius 1 is 0.870 bits per heavy atom. The highest BCUT2D eigenvalue weighted by Crippen LogP contribution is 2.75. The van der Waals surface area contributed by atoms with Gasteiger partial charge in [-0.15, -0.1) is 0 Å². The average molecular weight is 656 g/mol. The Morgan fingerprint density at radius 2 is 1.50 bits per heavy atom. The van der Waals surface area contributed by atoms with Gasteiger partial charge in [0.2, 0.25) is 11.8 Å². The molecule has 2 atom stereocenters. The number of rotatable bonds is 4. The maximum Gasteiger partial charge on any atom is 0.418 e. The number of amides is 3. The number of hydrogen-bond donors (Lipinski definition) is 3. The van der Waals surface area contributed by atoms with Crippen molar-refractivity contribution in [1.29, 1.82) is 0 Å². The number of pyridine rings is 1. The van der Waals surface area contributed by atoms with Gasteiger partial charge in [0.25, 0.3) is 0 Å². The van der Waals surface area contributed by atoms with Crippen LogP contribution in [0.4, 0.5) is 36.8 Å². The van der Waals surface area contributed by atoms with E-state index < -0.39 is 88.2 Å². The number of piperidine rings is 1. The first-order valence-corrected chi connectivity index (χ1v) is 15.1. The average Bonchev–Trinajstić information content (AvgIpc) is 3.51. The molecule has 1 aliphatic heterocycles. The predicted molar refractivity (Wildman–Crippen MR) is 153 cm³/mol. The molecule has 15 heteroatoms. The maximum absolute atomic E-state index is 14.5. The second-order valence-electron chi connectivity index (χ2n) is 14.3. The van der Waals surface area contributed by atoms with Crippen LogP contribution in [-0.2, 0) is 20.5 Å². The zero-order chi connectivity index (χ0) is 33.6. The molecule has 4 aliphatic carbocycles. The standard InChI is InChI=1S/C31H35F6N5O4/c1-25(2,3)46-24(45)39-27-11-8-26(9-12-27,10-13-27)22(43)40-41-23(44)28-15-29(28,31(35,36)37)17-42(16-28)20-7-6-19(30(32,33)34)21-18(20)5-4-14-38-21/h4-7,14H,8-13,15-17H2,1-3H3,(H,39,45)(H,40,43)(H,41,44)/t26?,27?,28-,29-/m0/s1. The van der Waals surface area contributed by atoms with E-state index >= 15 is 0 Å². The fourth-order valence-corrected chi connectivity index (χ4v) is 7.86. The molecule has 2 bridgehead atoms. The molecule has 3 amide bonds. The number of halogens is 6. The first kappa shape index (κ1) is 32.2. The lowest BCUT2D eigenvalue weighted by atomic mass is 9.57. The normalized spacial score (nSPS) is 30.5. The molecule has 2 heterocycles. The summed E-state index contributed by atoms with van der Waals surface area (Å²) in [6, 6.07) is 4.65. The second-order valence-corrected chi connectivity index (χ2v) is 14.3. The van der Waals surface area contributed by atoms with Crippen molar-refractivity contribution in [2.24, 2.45) is 16.2 Å². The molecule has 0 radical (unpaired) electrons. The summed E-state index contributed by atoms with van der Waals surface area (Å²) in [5.74, 6) is -1.50. The number of alkyl halides is 6. The van der Waals surface area contributed by atoms with Gasteiger partial charge in [0, 0.05) is 35.9 Å². The molecular formula is C31H35F6N5O4. The van der Waals surface area contributed by atoms with Crippen molar-refractivity contribution in [1.82, 2.24) is 21.2 Å². The minimum Gasteiger partial charge on any atom is -0.444 e. The topological polar surface area (TPSA) is 113 Å². The molecular weight excluding hydrogens is 620 g/mol. The van der Waals surface area contributed by atoms with Crippen LogP contribution < -0.4 is 21.1 Å². The largest absolute Gasteiger partial charge is 0.444 e. The Morgan fingerprint density at radius 3 is 2.09 bits per heavy atom. The van der Waals surface area contributed by atoms with E-state index in [9.17, 15) is 40.7 Å². The number of carbonyl (C=O) groups excluding carboxylic acids is 3. The van der Waals surface area contributed by atoms with Crippen molar-refractivity contribution in [2.45, 2.75) is 89.2 Å². The third-order valence-electron chi connectivity index (χ3n) is 10.5. The van der Waals surface area contributed by atoms with Crippen molar-refractivity contribution >= 4 is 34.5 Å². The Labute approximate surface area is 260 Å². The van der Waals surface area contributed by atoms with Gasteiger partial charge in [0.15, 0.2) is 0 Å². The Hall–Kier alpha value is -3.78. The number of alkyl carbamates (subject to hydrolysis) is 1. The molecule has 3 N–H and O–H groups in total. The molecule has 0 spiro atoms. The van der Waals surface area contributed by atoms with Crippen molar-refractivity contribution in [2.75, 3.05) is 18.0 Å². The summed E-state index contributed by atoms with van der Waals surface area (Å²) >= 11 is 0. The molecule has 7 rings (SSSR count). The highest BCUT2D eigenvalue weighted by Gasteiger charge is 2.86. The van der Waals surface area contributed by atoms with Gasteiger partial charge in [-0.25, -0.2) is 4.79 Å². The molecule has 0 unspecified atom stereocenters. The van der Waals surface area contributed by atoms with Gasteiger partial charge in [-0.05, 0) is 90.0 Å². The number of hydrazine groups is 1. The van der Waals surface area contributed by atoms with Gasteiger partial charge < -0.3 is 15.0 Å². The fourth-order valence-electron chi connectivity index (χ4n) is 7.86. The lowest BCUT2D eigenvalue weighted by Gasteiger charge is -2.52. The lowest BCUT2D eigenvalue weighted by molar-refractivity contribution is -0.191. The second kappa shape index (κ2) is 10.1. The molecule has 4 saturated carbocycles. The summed E-state index contributed by atoms with van der Waals surface area (Å²) in [5.41, 5.74) is -3.07. The number of ether oxygens (including phenoxy) is 1. The van der Waals surface area contributed by atoms with Crippen LogP contribution in [-0.4, -0.2) is 53.3 Å². The monoisotopic (exact) mass is 655 g/mol. The highest BCUT2D eigenvalue weighted by atomic mass is 19.4. The van der Waals surface area contributed by atoms with Crippen LogP contribution in [0, 0.1) is 16.2 Å². The van der Waals surface area contributed by atoms with E-state index in [0.29, 0.717) is 38.5 Å². The smallest absolute Gasteiger partial charge is 0.418 e. The van der Waals surface area contributed by atoms with E-state index in [1.165, 1.54) is 23.2 Å². The van der Waals surface area contributed by atoms with Crippen molar-refractivity contribution in [3.8, 4) is 0 Å². The number of nitrogens with zero attached hydrogens (tertiary/aromatic N) is 2. The van der Waals surface area contributed by atoms with Gasteiger partial charge in [-0.2, -0.15) is 26.3 Å². The number of hydrogen-bond acceptors (Lipinski definition) is 6. The van der Waals surface area contributed by atoms with E-state index in [0.717, 1.165) is 12.1 Å². The molecule has 1 saturated heterocycles. The minimum absolute atomic E-state index is 0.0192. The predicted octanol–water partition coefficient (Wildman–Crippen LogP) is 5.78. The summed E-state index contributed by atoms with van der Waals surface area (Å²) in [6.07, 6.45) is -6.67. The van der Waals surface area contributed by atoms with E-state index in [4.69, 9.17) is 4.74 Å². The molecule has 5 aliphatic rings. The third kappa shape index (κ3) is 5.09. The summed E-state index contributed by atoms with van der Waals surface area (Å²) in [4.78, 5) is 44.4. The number of aromatic nitrogens is 1. The number of fused-ring (bicyclic) bond motifs is 5. The van der Waals surface area contributed by atoms with E-state index in [1.807, 2.05) is 0 Å². The molecule has 1 aromatic heterocycles. The Kier molecular flexibility index (Phi) is 7.07.